The Hall–Kier alpha value is -2.62. The highest BCUT2D eigenvalue weighted by molar-refractivity contribution is 5.94. The molecule has 0 unspecified atom stereocenters. The van der Waals surface area contributed by atoms with Crippen LogP contribution in [0.25, 0.3) is 0 Å². The molecule has 0 spiro atoms. The Morgan fingerprint density at radius 1 is 1.20 bits per heavy atom. The number of nitrogens with zero attached hydrogens (tertiary/aromatic N) is 3. The third-order valence-corrected chi connectivity index (χ3v) is 6.63. The van der Waals surface area contributed by atoms with Crippen LogP contribution in [0.2, 0.25) is 0 Å². The minimum absolute atomic E-state index is 0.0926. The topological polar surface area (TPSA) is 112 Å². The molecular formula is C25H40N4O6. The maximum Gasteiger partial charge on any atom is 0.409 e. The number of likely N-dealkylation sites (tertiary alicyclic amines) is 1. The molecule has 0 atom stereocenters. The van der Waals surface area contributed by atoms with E-state index in [4.69, 9.17) is 19.3 Å². The lowest BCUT2D eigenvalue weighted by Crippen LogP contribution is -2.41. The van der Waals surface area contributed by atoms with Crippen molar-refractivity contribution in [3.8, 4) is 0 Å². The number of nitrogens with one attached hydrogen (secondary N) is 1. The standard InChI is InChI=1S/C25H40N4O6/c1-5-29-21-19(8-6-14-34-15-7-11-26-22(21)30)20(27-29)16-25(2,3)17-35-23(31)18-9-12-28(13-10-18)24(32)33-4/h18H,5-17H2,1-4H3,(H,26,30). The SMILES string of the molecule is CCn1nc(CC(C)(C)COC(=O)C2CCN(C(=O)OC)CC2)c2c1C(=O)NCCCOCCC2. The first-order chi connectivity index (χ1) is 16.8. The minimum atomic E-state index is -0.360. The van der Waals surface area contributed by atoms with E-state index >= 15 is 0 Å². The monoisotopic (exact) mass is 492 g/mol. The maximum absolute atomic E-state index is 13.0. The number of hydrogen-bond acceptors (Lipinski definition) is 7. The van der Waals surface area contributed by atoms with E-state index in [1.807, 2.05) is 20.8 Å². The van der Waals surface area contributed by atoms with Gasteiger partial charge < -0.3 is 24.4 Å². The molecule has 0 radical (unpaired) electrons. The number of methoxy groups -OCH3 is 1. The van der Waals surface area contributed by atoms with Crippen LogP contribution in [0.4, 0.5) is 4.79 Å². The summed E-state index contributed by atoms with van der Waals surface area (Å²) >= 11 is 0. The highest BCUT2D eigenvalue weighted by atomic mass is 16.5. The van der Waals surface area contributed by atoms with Gasteiger partial charge in [-0.15, -0.1) is 0 Å². The Morgan fingerprint density at radius 3 is 2.60 bits per heavy atom. The van der Waals surface area contributed by atoms with Crippen LogP contribution < -0.4 is 5.32 Å². The predicted octanol–water partition coefficient (Wildman–Crippen LogP) is 2.58. The van der Waals surface area contributed by atoms with Crippen LogP contribution in [-0.4, -0.2) is 79.2 Å². The highest BCUT2D eigenvalue weighted by Crippen LogP contribution is 2.28. The third-order valence-electron chi connectivity index (χ3n) is 6.63. The highest BCUT2D eigenvalue weighted by Gasteiger charge is 2.32. The average molecular weight is 493 g/mol. The van der Waals surface area contributed by atoms with Crippen LogP contribution in [0.1, 0.15) is 68.2 Å². The summed E-state index contributed by atoms with van der Waals surface area (Å²) < 4.78 is 17.9. The second-order valence-electron chi connectivity index (χ2n) is 10.1. The number of hydrogen-bond donors (Lipinski definition) is 1. The molecule has 196 valence electrons. The van der Waals surface area contributed by atoms with E-state index in [9.17, 15) is 14.4 Å². The summed E-state index contributed by atoms with van der Waals surface area (Å²) in [5, 5.41) is 7.78. The van der Waals surface area contributed by atoms with Crippen LogP contribution in [0, 0.1) is 11.3 Å². The second-order valence-corrected chi connectivity index (χ2v) is 10.1. The molecule has 2 aliphatic heterocycles. The molecule has 2 aliphatic rings. The molecule has 1 aromatic rings. The molecular weight excluding hydrogens is 452 g/mol. The van der Waals surface area contributed by atoms with Gasteiger partial charge in [0.1, 0.15) is 5.69 Å². The van der Waals surface area contributed by atoms with E-state index in [2.05, 4.69) is 5.32 Å². The average Bonchev–Trinajstić information content (AvgIpc) is 3.17. The Labute approximate surface area is 207 Å². The van der Waals surface area contributed by atoms with Crippen LogP contribution in [-0.2, 0) is 38.4 Å². The van der Waals surface area contributed by atoms with Crippen LogP contribution in [0.3, 0.4) is 0 Å². The van der Waals surface area contributed by atoms with E-state index in [0.717, 1.165) is 24.1 Å². The largest absolute Gasteiger partial charge is 0.465 e. The third kappa shape index (κ3) is 7.19. The lowest BCUT2D eigenvalue weighted by Gasteiger charge is -2.31. The second kappa shape index (κ2) is 12.4. The fourth-order valence-corrected chi connectivity index (χ4v) is 4.66. The summed E-state index contributed by atoms with van der Waals surface area (Å²) in [5.41, 5.74) is 2.12. The number of aromatic nitrogens is 2. The zero-order valence-electron chi connectivity index (χ0n) is 21.6. The summed E-state index contributed by atoms with van der Waals surface area (Å²) in [6.07, 6.45) is 3.69. The molecule has 2 amide bonds. The van der Waals surface area contributed by atoms with E-state index in [-0.39, 0.29) is 35.9 Å². The first-order valence-corrected chi connectivity index (χ1v) is 12.7. The lowest BCUT2D eigenvalue weighted by molar-refractivity contribution is -0.153. The van der Waals surface area contributed by atoms with Crippen LogP contribution >= 0.6 is 0 Å². The predicted molar refractivity (Wildman–Crippen MR) is 129 cm³/mol. The number of rotatable bonds is 6. The van der Waals surface area contributed by atoms with Crippen LogP contribution in [0.15, 0.2) is 0 Å². The van der Waals surface area contributed by atoms with E-state index in [1.165, 1.54) is 7.11 Å². The maximum atomic E-state index is 13.0. The Balaban J connectivity index is 1.65. The van der Waals surface area contributed by atoms with Crippen molar-refractivity contribution >= 4 is 18.0 Å². The normalized spacial score (nSPS) is 18.3. The Bertz CT molecular complexity index is 889. The first-order valence-electron chi connectivity index (χ1n) is 12.7. The van der Waals surface area contributed by atoms with Crippen molar-refractivity contribution in [1.29, 1.82) is 0 Å². The van der Waals surface area contributed by atoms with Crippen molar-refractivity contribution in [2.75, 3.05) is 46.6 Å². The van der Waals surface area contributed by atoms with Gasteiger partial charge in [-0.1, -0.05) is 13.8 Å². The van der Waals surface area contributed by atoms with Gasteiger partial charge in [-0.2, -0.15) is 5.10 Å². The van der Waals surface area contributed by atoms with Gasteiger partial charge in [0.05, 0.1) is 25.3 Å². The molecule has 3 rings (SSSR count). The quantitative estimate of drug-likeness (QED) is 0.608. The van der Waals surface area contributed by atoms with Crippen LogP contribution in [0.5, 0.6) is 0 Å². The molecule has 1 fully saturated rings. The molecule has 0 aromatic carbocycles. The smallest absolute Gasteiger partial charge is 0.409 e. The van der Waals surface area contributed by atoms with Crippen molar-refractivity contribution in [3.05, 3.63) is 17.0 Å². The minimum Gasteiger partial charge on any atom is -0.465 e. The molecule has 0 saturated carbocycles. The Morgan fingerprint density at radius 2 is 1.91 bits per heavy atom. The fourth-order valence-electron chi connectivity index (χ4n) is 4.66. The summed E-state index contributed by atoms with van der Waals surface area (Å²) in [5.74, 6) is -0.533. The van der Waals surface area contributed by atoms with Gasteiger partial charge in [0.15, 0.2) is 0 Å². The molecule has 3 heterocycles. The molecule has 10 nitrogen and oxygen atoms in total. The molecule has 0 bridgehead atoms. The number of ether oxygens (including phenoxy) is 3. The van der Waals surface area contributed by atoms with Crippen molar-refractivity contribution < 1.29 is 28.6 Å². The molecule has 1 saturated heterocycles. The molecule has 1 N–H and O–H groups in total. The summed E-state index contributed by atoms with van der Waals surface area (Å²) in [6.45, 7) is 9.78. The first kappa shape index (κ1) is 27.0. The number of fused-ring (bicyclic) bond motifs is 1. The van der Waals surface area contributed by atoms with Crippen molar-refractivity contribution in [1.82, 2.24) is 20.0 Å². The number of aryl methyl sites for hydroxylation is 1. The van der Waals surface area contributed by atoms with Crippen molar-refractivity contribution in [2.24, 2.45) is 11.3 Å². The summed E-state index contributed by atoms with van der Waals surface area (Å²) in [7, 11) is 1.36. The van der Waals surface area contributed by atoms with E-state index in [1.54, 1.807) is 9.58 Å². The fraction of sp³-hybridized carbons (Fsp3) is 0.760. The van der Waals surface area contributed by atoms with Gasteiger partial charge >= 0.3 is 12.1 Å². The van der Waals surface area contributed by atoms with Gasteiger partial charge in [-0.25, -0.2) is 4.79 Å². The molecule has 1 aromatic heterocycles. The van der Waals surface area contributed by atoms with Gasteiger partial charge in [0, 0.05) is 56.8 Å². The van der Waals surface area contributed by atoms with E-state index in [0.29, 0.717) is 70.8 Å². The molecule has 10 heteroatoms. The number of amides is 2. The van der Waals surface area contributed by atoms with Gasteiger partial charge in [-0.3, -0.25) is 14.3 Å². The molecule has 0 aliphatic carbocycles. The lowest BCUT2D eigenvalue weighted by atomic mass is 9.86. The van der Waals surface area contributed by atoms with Gasteiger partial charge in [0.25, 0.3) is 5.91 Å². The molecule has 35 heavy (non-hydrogen) atoms. The number of piperidine rings is 1. The van der Waals surface area contributed by atoms with Gasteiger partial charge in [0.2, 0.25) is 0 Å². The van der Waals surface area contributed by atoms with Gasteiger partial charge in [-0.05, 0) is 39.0 Å². The zero-order valence-corrected chi connectivity index (χ0v) is 21.6. The number of carbonyl (C=O) groups excluding carboxylic acids is 3. The van der Waals surface area contributed by atoms with E-state index < -0.39 is 0 Å². The van der Waals surface area contributed by atoms with Crippen molar-refractivity contribution in [3.63, 3.8) is 0 Å². The number of esters is 1. The van der Waals surface area contributed by atoms with Crippen molar-refractivity contribution in [2.45, 2.75) is 65.8 Å². The Kier molecular flexibility index (Phi) is 9.54. The zero-order chi connectivity index (χ0) is 25.4. The number of carbonyl (C=O) groups is 3. The summed E-state index contributed by atoms with van der Waals surface area (Å²) in [6, 6.07) is 0. The summed E-state index contributed by atoms with van der Waals surface area (Å²) in [4.78, 5) is 38.9.